The Morgan fingerprint density at radius 2 is 0.788 bits per heavy atom. The second kappa shape index (κ2) is 24.9. The lowest BCUT2D eigenvalue weighted by atomic mass is 10.0. The summed E-state index contributed by atoms with van der Waals surface area (Å²) in [6.07, 6.45) is 36.7. The summed E-state index contributed by atoms with van der Waals surface area (Å²) in [6, 6.07) is 0. The Bertz CT molecular complexity index is 412. The van der Waals surface area contributed by atoms with Crippen molar-refractivity contribution in [2.24, 2.45) is 0 Å². The third-order valence-corrected chi connectivity index (χ3v) is 7.28. The summed E-state index contributed by atoms with van der Waals surface area (Å²) in [5.74, 6) is 0. The Hall–Kier alpha value is -0.180. The van der Waals surface area contributed by atoms with E-state index in [1.54, 1.807) is 0 Å². The minimum Gasteiger partial charge on any atom is -1.00 e. The van der Waals surface area contributed by atoms with Crippen LogP contribution in [0, 0.1) is 0 Å². The van der Waals surface area contributed by atoms with E-state index in [-0.39, 0.29) is 17.0 Å². The van der Waals surface area contributed by atoms with Crippen molar-refractivity contribution in [3.05, 3.63) is 12.4 Å². The third kappa shape index (κ3) is 17.8. The van der Waals surface area contributed by atoms with E-state index in [2.05, 4.69) is 43.0 Å². The van der Waals surface area contributed by atoms with Crippen molar-refractivity contribution >= 4 is 0 Å². The van der Waals surface area contributed by atoms with Gasteiger partial charge in [0, 0.05) is 25.5 Å². The highest BCUT2D eigenvalue weighted by atomic mass is 79.9. The molecule has 0 spiro atoms. The molecule has 1 atom stereocenters. The van der Waals surface area contributed by atoms with Crippen LogP contribution in [-0.4, -0.2) is 29.1 Å². The van der Waals surface area contributed by atoms with E-state index in [0.717, 1.165) is 0 Å². The van der Waals surface area contributed by atoms with Crippen LogP contribution in [0.3, 0.4) is 0 Å². The summed E-state index contributed by atoms with van der Waals surface area (Å²) in [5.41, 5.74) is 0. The van der Waals surface area contributed by atoms with Crippen molar-refractivity contribution in [1.29, 1.82) is 0 Å². The summed E-state index contributed by atoms with van der Waals surface area (Å²) in [6.45, 7) is 9.40. The standard InChI is InChI=1S/C30H60N2.BrH/c1-4-7-9-11-13-14-15-16-17-18-19-20-22-24-27-32-29-28-31(26-6-3)30(32)25-23-21-12-10-8-5-2;/h28-30H,4-27H2,1-3H3;1H/p-1. The molecule has 0 radical (unpaired) electrons. The molecule has 1 aliphatic heterocycles. The van der Waals surface area contributed by atoms with Gasteiger partial charge in [-0.3, -0.25) is 0 Å². The van der Waals surface area contributed by atoms with Crippen molar-refractivity contribution < 1.29 is 17.0 Å². The Kier molecular flexibility index (Phi) is 24.8. The predicted molar refractivity (Wildman–Crippen MR) is 145 cm³/mol. The Morgan fingerprint density at radius 1 is 0.424 bits per heavy atom. The Labute approximate surface area is 220 Å². The SMILES string of the molecule is CCCCCCCCCCCCCCCCN1C=CN(CCC)C1CCCCCCCC.[Br-]. The van der Waals surface area contributed by atoms with Gasteiger partial charge in [-0.15, -0.1) is 0 Å². The van der Waals surface area contributed by atoms with Gasteiger partial charge in [-0.05, 0) is 25.7 Å². The molecule has 1 rings (SSSR count). The van der Waals surface area contributed by atoms with Gasteiger partial charge in [-0.2, -0.15) is 0 Å². The average molecular weight is 529 g/mol. The number of hydrogen-bond acceptors (Lipinski definition) is 2. The highest BCUT2D eigenvalue weighted by molar-refractivity contribution is 4.96. The van der Waals surface area contributed by atoms with Crippen molar-refractivity contribution in [2.45, 2.75) is 168 Å². The molecule has 0 saturated carbocycles. The van der Waals surface area contributed by atoms with E-state index in [1.807, 2.05) is 0 Å². The van der Waals surface area contributed by atoms with Gasteiger partial charge in [0.25, 0.3) is 0 Å². The largest absolute Gasteiger partial charge is 1.00 e. The number of halogens is 1. The second-order valence-corrected chi connectivity index (χ2v) is 10.4. The molecule has 0 amide bonds. The first-order valence-electron chi connectivity index (χ1n) is 15.0. The van der Waals surface area contributed by atoms with Crippen LogP contribution in [-0.2, 0) is 0 Å². The maximum Gasteiger partial charge on any atom is 0.101 e. The highest BCUT2D eigenvalue weighted by Gasteiger charge is 2.24. The van der Waals surface area contributed by atoms with E-state index in [0.29, 0.717) is 6.17 Å². The van der Waals surface area contributed by atoms with Gasteiger partial charge in [0.1, 0.15) is 6.17 Å². The van der Waals surface area contributed by atoms with Gasteiger partial charge in [-0.25, -0.2) is 0 Å². The number of hydrogen-bond donors (Lipinski definition) is 0. The third-order valence-electron chi connectivity index (χ3n) is 7.28. The second-order valence-electron chi connectivity index (χ2n) is 10.4. The monoisotopic (exact) mass is 527 g/mol. The van der Waals surface area contributed by atoms with Crippen molar-refractivity contribution in [1.82, 2.24) is 9.80 Å². The molecular weight excluding hydrogens is 468 g/mol. The molecule has 0 fully saturated rings. The lowest BCUT2D eigenvalue weighted by Gasteiger charge is -2.33. The van der Waals surface area contributed by atoms with Crippen LogP contribution in [0.15, 0.2) is 12.4 Å². The molecule has 0 bridgehead atoms. The number of rotatable bonds is 24. The topological polar surface area (TPSA) is 6.48 Å². The Morgan fingerprint density at radius 3 is 1.21 bits per heavy atom. The zero-order valence-electron chi connectivity index (χ0n) is 23.0. The van der Waals surface area contributed by atoms with Crippen LogP contribution in [0.4, 0.5) is 0 Å². The minimum atomic E-state index is 0. The first kappa shape index (κ1) is 32.8. The zero-order valence-corrected chi connectivity index (χ0v) is 24.6. The molecule has 0 aliphatic carbocycles. The quantitative estimate of drug-likeness (QED) is 0.124. The van der Waals surface area contributed by atoms with Crippen LogP contribution in [0.2, 0.25) is 0 Å². The maximum absolute atomic E-state index is 2.65. The molecular formula is C30H60BrN2-. The van der Waals surface area contributed by atoms with Crippen LogP contribution in [0.1, 0.15) is 162 Å². The van der Waals surface area contributed by atoms with E-state index < -0.39 is 0 Å². The summed E-state index contributed by atoms with van der Waals surface area (Å²) < 4.78 is 0. The fourth-order valence-electron chi connectivity index (χ4n) is 5.19. The molecule has 0 aromatic carbocycles. The smallest absolute Gasteiger partial charge is 0.101 e. The van der Waals surface area contributed by atoms with E-state index in [9.17, 15) is 0 Å². The van der Waals surface area contributed by atoms with Gasteiger partial charge in [0.2, 0.25) is 0 Å². The van der Waals surface area contributed by atoms with Crippen LogP contribution in [0.25, 0.3) is 0 Å². The van der Waals surface area contributed by atoms with Gasteiger partial charge in [-0.1, -0.05) is 136 Å². The molecule has 33 heavy (non-hydrogen) atoms. The lowest BCUT2D eigenvalue weighted by Crippen LogP contribution is -3.00. The molecule has 198 valence electrons. The molecule has 1 aliphatic rings. The van der Waals surface area contributed by atoms with Gasteiger partial charge >= 0.3 is 0 Å². The van der Waals surface area contributed by atoms with Gasteiger partial charge in [0.15, 0.2) is 0 Å². The van der Waals surface area contributed by atoms with Crippen molar-refractivity contribution in [3.63, 3.8) is 0 Å². The number of unbranched alkanes of at least 4 members (excludes halogenated alkanes) is 18. The van der Waals surface area contributed by atoms with E-state index >= 15 is 0 Å². The molecule has 0 saturated heterocycles. The minimum absolute atomic E-state index is 0. The van der Waals surface area contributed by atoms with E-state index in [1.165, 1.54) is 154 Å². The molecule has 0 N–H and O–H groups in total. The van der Waals surface area contributed by atoms with E-state index in [4.69, 9.17) is 0 Å². The van der Waals surface area contributed by atoms with Gasteiger partial charge in [0.05, 0.1) is 0 Å². The summed E-state index contributed by atoms with van der Waals surface area (Å²) in [4.78, 5) is 5.26. The average Bonchev–Trinajstić information content (AvgIpc) is 3.18. The molecule has 0 aromatic heterocycles. The number of nitrogens with zero attached hydrogens (tertiary/aromatic N) is 2. The first-order valence-corrected chi connectivity index (χ1v) is 15.0. The normalized spacial score (nSPS) is 15.4. The molecule has 0 aromatic rings. The van der Waals surface area contributed by atoms with Gasteiger partial charge < -0.3 is 26.8 Å². The summed E-state index contributed by atoms with van der Waals surface area (Å²) >= 11 is 0. The first-order chi connectivity index (χ1) is 15.8. The van der Waals surface area contributed by atoms with Crippen LogP contribution < -0.4 is 17.0 Å². The fraction of sp³-hybridized carbons (Fsp3) is 0.933. The Balaban J connectivity index is 0.0000102. The van der Waals surface area contributed by atoms with Crippen LogP contribution >= 0.6 is 0 Å². The molecule has 2 nitrogen and oxygen atoms in total. The maximum atomic E-state index is 2.65. The van der Waals surface area contributed by atoms with Crippen molar-refractivity contribution in [2.75, 3.05) is 13.1 Å². The highest BCUT2D eigenvalue weighted by Crippen LogP contribution is 2.23. The van der Waals surface area contributed by atoms with Crippen LogP contribution in [0.5, 0.6) is 0 Å². The molecule has 3 heteroatoms. The molecule has 1 heterocycles. The molecule has 1 unspecified atom stereocenters. The zero-order chi connectivity index (χ0) is 23.1. The predicted octanol–water partition coefficient (Wildman–Crippen LogP) is 7.05. The van der Waals surface area contributed by atoms with Crippen molar-refractivity contribution in [3.8, 4) is 0 Å². The summed E-state index contributed by atoms with van der Waals surface area (Å²) in [5, 5.41) is 0. The summed E-state index contributed by atoms with van der Waals surface area (Å²) in [7, 11) is 0. The fourth-order valence-corrected chi connectivity index (χ4v) is 5.19. The lowest BCUT2D eigenvalue weighted by molar-refractivity contribution is -0.00000721.